The quantitative estimate of drug-likeness (QED) is 0.180. The van der Waals surface area contributed by atoms with Gasteiger partial charge in [-0.05, 0) is 63.2 Å². The summed E-state index contributed by atoms with van der Waals surface area (Å²) in [6, 6.07) is 7.04. The number of ketones is 1. The minimum atomic E-state index is -5.00. The zero-order valence-corrected chi connectivity index (χ0v) is 27.1. The first-order chi connectivity index (χ1) is 22.8. The summed E-state index contributed by atoms with van der Waals surface area (Å²) in [5, 5.41) is 12.4. The fraction of sp³-hybridized carbons (Fsp3) is 0.303. The molecule has 10 nitrogen and oxygen atoms in total. The second kappa shape index (κ2) is 12.7. The summed E-state index contributed by atoms with van der Waals surface area (Å²) < 4.78 is 76.4. The van der Waals surface area contributed by atoms with Gasteiger partial charge in [0.05, 0.1) is 38.4 Å². The summed E-state index contributed by atoms with van der Waals surface area (Å²) in [5.41, 5.74) is -5.42. The molecule has 2 amide bonds. The van der Waals surface area contributed by atoms with Gasteiger partial charge in [0.25, 0.3) is 5.91 Å². The lowest BCUT2D eigenvalue weighted by molar-refractivity contribution is -0.137. The molecule has 256 valence electrons. The van der Waals surface area contributed by atoms with E-state index in [1.807, 2.05) is 6.07 Å². The molecular weight excluding hydrogens is 677 g/mol. The maximum Gasteiger partial charge on any atom is 0.416 e. The molecule has 1 fully saturated rings. The Labute approximate surface area is 280 Å². The molecule has 2 heterocycles. The number of hydrogen-bond acceptors (Lipinski definition) is 6. The Morgan fingerprint density at radius 3 is 2.33 bits per heavy atom. The molecular formula is C33H27ClF5N5O5. The van der Waals surface area contributed by atoms with Gasteiger partial charge >= 0.3 is 18.0 Å². The number of carbonyl (C=O) groups is 3. The highest BCUT2D eigenvalue weighted by Gasteiger charge is 2.36. The van der Waals surface area contributed by atoms with Crippen LogP contribution in [0.1, 0.15) is 58.2 Å². The topological polar surface area (TPSA) is 126 Å². The smallest absolute Gasteiger partial charge is 0.416 e. The number of fused-ring (bicyclic) bond motifs is 1. The van der Waals surface area contributed by atoms with E-state index in [2.05, 4.69) is 5.32 Å². The molecule has 0 bridgehead atoms. The molecule has 0 radical (unpaired) electrons. The van der Waals surface area contributed by atoms with Crippen molar-refractivity contribution in [3.8, 4) is 6.07 Å². The minimum absolute atomic E-state index is 0.0234. The Bertz CT molecular complexity index is 2140. The van der Waals surface area contributed by atoms with Crippen LogP contribution >= 0.6 is 11.6 Å². The average molecular weight is 704 g/mol. The van der Waals surface area contributed by atoms with Crippen molar-refractivity contribution in [1.29, 1.82) is 5.26 Å². The first-order valence-electron chi connectivity index (χ1n) is 14.6. The van der Waals surface area contributed by atoms with E-state index in [0.29, 0.717) is 12.1 Å². The molecule has 0 aliphatic carbocycles. The Morgan fingerprint density at radius 1 is 1.04 bits per heavy atom. The number of ether oxygens (including phenoxy) is 1. The van der Waals surface area contributed by atoms with Crippen molar-refractivity contribution >= 4 is 46.1 Å². The van der Waals surface area contributed by atoms with E-state index >= 15 is 0 Å². The highest BCUT2D eigenvalue weighted by molar-refractivity contribution is 6.35. The van der Waals surface area contributed by atoms with E-state index in [4.69, 9.17) is 16.3 Å². The Balaban J connectivity index is 1.64. The third-order valence-corrected chi connectivity index (χ3v) is 8.05. The van der Waals surface area contributed by atoms with E-state index in [9.17, 15) is 46.4 Å². The number of amides is 2. The maximum atomic E-state index is 14.2. The molecule has 16 heteroatoms. The first kappa shape index (κ1) is 35.1. The van der Waals surface area contributed by atoms with E-state index in [1.54, 1.807) is 20.8 Å². The van der Waals surface area contributed by atoms with Gasteiger partial charge in [0.15, 0.2) is 5.78 Å². The van der Waals surface area contributed by atoms with Gasteiger partial charge in [-0.15, -0.1) is 0 Å². The van der Waals surface area contributed by atoms with Gasteiger partial charge in [-0.3, -0.25) is 18.7 Å². The zero-order valence-electron chi connectivity index (χ0n) is 26.3. The van der Waals surface area contributed by atoms with Gasteiger partial charge in [-0.2, -0.15) is 18.4 Å². The molecule has 0 saturated carbocycles. The van der Waals surface area contributed by atoms with Crippen LogP contribution in [0.3, 0.4) is 0 Å². The zero-order chi connectivity index (χ0) is 36.2. The molecule has 0 spiro atoms. The summed E-state index contributed by atoms with van der Waals surface area (Å²) in [5.74, 6) is -4.82. The van der Waals surface area contributed by atoms with E-state index < -0.39 is 80.4 Å². The Kier molecular flexibility index (Phi) is 9.07. The minimum Gasteiger partial charge on any atom is -0.444 e. The SMILES string of the molecule is Cn1c(=O)n(CC2CN(C(=O)OC(C)(C)C)C2)c2cc(NC(=O)c3cc(F)cc(C(F)(F)F)c3)c(C(=O)c3cc(F)ccc3Cl)c(C#N)c21. The number of nitriles is 1. The van der Waals surface area contributed by atoms with Crippen molar-refractivity contribution in [3.63, 3.8) is 0 Å². The van der Waals surface area contributed by atoms with Crippen molar-refractivity contribution in [2.75, 3.05) is 18.4 Å². The summed E-state index contributed by atoms with van der Waals surface area (Å²) >= 11 is 6.19. The number of aromatic nitrogens is 2. The molecule has 5 rings (SSSR count). The number of rotatable bonds is 6. The summed E-state index contributed by atoms with van der Waals surface area (Å²) in [6.07, 6.45) is -5.55. The largest absolute Gasteiger partial charge is 0.444 e. The molecule has 1 aliphatic heterocycles. The van der Waals surface area contributed by atoms with Crippen LogP contribution in [0.25, 0.3) is 11.0 Å². The van der Waals surface area contributed by atoms with Crippen molar-refractivity contribution in [2.24, 2.45) is 13.0 Å². The molecule has 0 unspecified atom stereocenters. The number of imidazole rings is 1. The number of likely N-dealkylation sites (tertiary alicyclic amines) is 1. The standard InChI is InChI=1S/C33H27ClF5N5O5/c1-32(2,3)49-31(48)43-13-16(14-43)15-44-25-11-24(41-29(46)17-7-18(33(37,38)39)9-20(36)8-17)26(22(12-40)27(25)42(4)30(44)47)28(45)21-10-19(35)5-6-23(21)34/h5-11,16H,13-15H2,1-4H3,(H,41,46). The number of hydrogen-bond donors (Lipinski definition) is 1. The van der Waals surface area contributed by atoms with Crippen molar-refractivity contribution in [2.45, 2.75) is 39.1 Å². The van der Waals surface area contributed by atoms with Crippen LogP contribution in [0, 0.1) is 28.9 Å². The van der Waals surface area contributed by atoms with Crippen LogP contribution in [0.4, 0.5) is 32.4 Å². The second-order valence-corrected chi connectivity index (χ2v) is 12.9. The number of carbonyl (C=O) groups excluding carboxylic acids is 3. The van der Waals surface area contributed by atoms with Crippen molar-refractivity contribution in [3.05, 3.63) is 97.4 Å². The van der Waals surface area contributed by atoms with Gasteiger partial charge < -0.3 is 15.0 Å². The lowest BCUT2D eigenvalue weighted by Crippen LogP contribution is -2.53. The number of anilines is 1. The van der Waals surface area contributed by atoms with Crippen molar-refractivity contribution < 1.29 is 41.1 Å². The summed E-state index contributed by atoms with van der Waals surface area (Å²) in [6.45, 7) is 5.61. The van der Waals surface area contributed by atoms with E-state index in [1.165, 1.54) is 22.6 Å². The molecule has 0 atom stereocenters. The molecule has 49 heavy (non-hydrogen) atoms. The molecule has 1 N–H and O–H groups in total. The predicted octanol–water partition coefficient (Wildman–Crippen LogP) is 6.51. The fourth-order valence-electron chi connectivity index (χ4n) is 5.51. The number of nitrogens with zero attached hydrogens (tertiary/aromatic N) is 4. The highest BCUT2D eigenvalue weighted by Crippen LogP contribution is 2.35. The number of benzene rings is 3. The number of halogens is 6. The monoisotopic (exact) mass is 703 g/mol. The molecule has 1 aromatic heterocycles. The second-order valence-electron chi connectivity index (χ2n) is 12.5. The normalized spacial score (nSPS) is 13.6. The van der Waals surface area contributed by atoms with E-state index in [-0.39, 0.29) is 47.7 Å². The maximum absolute atomic E-state index is 14.2. The molecule has 1 saturated heterocycles. The molecule has 4 aromatic rings. The van der Waals surface area contributed by atoms with Crippen LogP contribution in [-0.2, 0) is 24.5 Å². The van der Waals surface area contributed by atoms with Gasteiger partial charge in [-0.25, -0.2) is 18.4 Å². The highest BCUT2D eigenvalue weighted by atomic mass is 35.5. The van der Waals surface area contributed by atoms with Crippen molar-refractivity contribution in [1.82, 2.24) is 14.0 Å². The van der Waals surface area contributed by atoms with Crippen LogP contribution in [0.5, 0.6) is 0 Å². The van der Waals surface area contributed by atoms with Gasteiger partial charge in [-0.1, -0.05) is 11.6 Å². The molecule has 3 aromatic carbocycles. The van der Waals surface area contributed by atoms with Gasteiger partial charge in [0.1, 0.15) is 23.3 Å². The third-order valence-electron chi connectivity index (χ3n) is 7.72. The predicted molar refractivity (Wildman–Crippen MR) is 167 cm³/mol. The lowest BCUT2D eigenvalue weighted by atomic mass is 9.95. The van der Waals surface area contributed by atoms with Crippen LogP contribution in [-0.4, -0.2) is 50.5 Å². The first-order valence-corrected chi connectivity index (χ1v) is 15.0. The fourth-order valence-corrected chi connectivity index (χ4v) is 5.71. The van der Waals surface area contributed by atoms with Crippen LogP contribution in [0.15, 0.2) is 47.3 Å². The number of aryl methyl sites for hydroxylation is 1. The van der Waals surface area contributed by atoms with Gasteiger partial charge in [0, 0.05) is 43.7 Å². The molecule has 1 aliphatic rings. The third kappa shape index (κ3) is 7.00. The summed E-state index contributed by atoms with van der Waals surface area (Å²) in [4.78, 5) is 54.7. The van der Waals surface area contributed by atoms with Gasteiger partial charge in [0.2, 0.25) is 0 Å². The van der Waals surface area contributed by atoms with E-state index in [0.717, 1.165) is 22.8 Å². The summed E-state index contributed by atoms with van der Waals surface area (Å²) in [7, 11) is 1.34. The Hall–Kier alpha value is -5.23. The Morgan fingerprint density at radius 2 is 1.71 bits per heavy atom. The number of alkyl halides is 3. The lowest BCUT2D eigenvalue weighted by Gasteiger charge is -2.39. The number of nitrogens with one attached hydrogen (secondary N) is 1. The van der Waals surface area contributed by atoms with Crippen LogP contribution < -0.4 is 11.0 Å². The average Bonchev–Trinajstić information content (AvgIpc) is 3.21. The van der Waals surface area contributed by atoms with Crippen LogP contribution in [0.2, 0.25) is 5.02 Å².